The summed E-state index contributed by atoms with van der Waals surface area (Å²) >= 11 is 6.02. The van der Waals surface area contributed by atoms with Crippen LogP contribution in [0.1, 0.15) is 65.7 Å². The van der Waals surface area contributed by atoms with E-state index < -0.39 is 11.6 Å². The molecule has 0 fully saturated rings. The summed E-state index contributed by atoms with van der Waals surface area (Å²) in [5.74, 6) is -0.314. The van der Waals surface area contributed by atoms with Gasteiger partial charge in [0.15, 0.2) is 0 Å². The third-order valence-corrected chi connectivity index (χ3v) is 7.07. The first-order valence-electron chi connectivity index (χ1n) is 12.9. The molecule has 6 heteroatoms. The first kappa shape index (κ1) is 26.7. The monoisotopic (exact) mass is 519 g/mol. The Balaban J connectivity index is 1.48. The van der Waals surface area contributed by atoms with Crippen molar-refractivity contribution in [2.75, 3.05) is 6.54 Å². The Bertz CT molecular complexity index is 1240. The largest absolute Gasteiger partial charge is 0.487 e. The molecule has 3 aromatic rings. The second-order valence-electron chi connectivity index (χ2n) is 10.1. The molecule has 1 N–H and O–H groups in total. The first-order valence-corrected chi connectivity index (χ1v) is 13.3. The minimum absolute atomic E-state index is 0.104. The van der Waals surface area contributed by atoms with E-state index in [-0.39, 0.29) is 18.9 Å². The van der Waals surface area contributed by atoms with Gasteiger partial charge in [-0.05, 0) is 72.4 Å². The predicted molar refractivity (Wildman–Crippen MR) is 146 cm³/mol. The zero-order valence-electron chi connectivity index (χ0n) is 21.5. The normalized spacial score (nSPS) is 16.2. The Morgan fingerprint density at radius 3 is 2.35 bits per heavy atom. The van der Waals surface area contributed by atoms with E-state index in [9.17, 15) is 14.7 Å². The molecule has 0 saturated heterocycles. The maximum atomic E-state index is 13.5. The second kappa shape index (κ2) is 11.8. The molecule has 3 aromatic carbocycles. The number of aryl methyl sites for hydroxylation is 1. The number of fused-ring (bicyclic) bond motifs is 1. The van der Waals surface area contributed by atoms with Crippen molar-refractivity contribution in [3.8, 4) is 5.75 Å². The van der Waals surface area contributed by atoms with Crippen LogP contribution in [0.3, 0.4) is 0 Å². The van der Waals surface area contributed by atoms with Gasteiger partial charge in [0.25, 0.3) is 5.91 Å². The van der Waals surface area contributed by atoms with Crippen LogP contribution in [-0.4, -0.2) is 34.0 Å². The Kier molecular flexibility index (Phi) is 8.55. The molecule has 1 heterocycles. The summed E-state index contributed by atoms with van der Waals surface area (Å²) in [7, 11) is 0. The van der Waals surface area contributed by atoms with Crippen molar-refractivity contribution < 1.29 is 19.4 Å². The molecule has 0 bridgehead atoms. The molecule has 0 aromatic heterocycles. The average Bonchev–Trinajstić information content (AvgIpc) is 3.21. The zero-order chi connectivity index (χ0) is 26.4. The Hall–Kier alpha value is -3.31. The topological polar surface area (TPSA) is 66.8 Å². The number of carbonyl (C=O) groups excluding carboxylic acids is 1. The van der Waals surface area contributed by atoms with E-state index in [4.69, 9.17) is 16.3 Å². The Morgan fingerprint density at radius 2 is 1.68 bits per heavy atom. The number of carboxylic acid groups (broad SMARTS) is 1. The average molecular weight is 520 g/mol. The number of rotatable bonds is 11. The number of benzene rings is 3. The molecule has 0 saturated carbocycles. The number of nitrogens with zero attached hydrogens (tertiary/aromatic N) is 1. The summed E-state index contributed by atoms with van der Waals surface area (Å²) in [4.78, 5) is 26.5. The fourth-order valence-corrected chi connectivity index (χ4v) is 4.99. The minimum atomic E-state index is -0.923. The van der Waals surface area contributed by atoms with E-state index in [2.05, 4.69) is 26.0 Å². The van der Waals surface area contributed by atoms with Gasteiger partial charge in [0.2, 0.25) is 0 Å². The molecule has 1 aliphatic rings. The SMILES string of the molecule is CCCCc1ccc(CN(CCC(=O)O)C(=O)c2ccc3c(c2)CC(C)(Cc2ccc(Cl)cc2)O3)cc1. The number of aliphatic carboxylic acids is 1. The summed E-state index contributed by atoms with van der Waals surface area (Å²) in [6.07, 6.45) is 4.62. The lowest BCUT2D eigenvalue weighted by molar-refractivity contribution is -0.137. The van der Waals surface area contributed by atoms with Crippen LogP contribution < -0.4 is 4.74 Å². The molecular weight excluding hydrogens is 486 g/mol. The summed E-state index contributed by atoms with van der Waals surface area (Å²) in [5, 5.41) is 9.96. The molecule has 1 atom stereocenters. The van der Waals surface area contributed by atoms with Crippen LogP contribution in [0.2, 0.25) is 5.02 Å². The van der Waals surface area contributed by atoms with Crippen LogP contribution in [-0.2, 0) is 30.6 Å². The molecule has 5 nitrogen and oxygen atoms in total. The molecule has 37 heavy (non-hydrogen) atoms. The van der Waals surface area contributed by atoms with Gasteiger partial charge < -0.3 is 14.7 Å². The van der Waals surface area contributed by atoms with Crippen molar-refractivity contribution in [3.05, 3.63) is 99.6 Å². The van der Waals surface area contributed by atoms with E-state index in [0.717, 1.165) is 48.1 Å². The number of carboxylic acids is 1. The van der Waals surface area contributed by atoms with Gasteiger partial charge in [-0.1, -0.05) is 61.3 Å². The van der Waals surface area contributed by atoms with Crippen LogP contribution in [0, 0.1) is 0 Å². The number of hydrogen-bond donors (Lipinski definition) is 1. The van der Waals surface area contributed by atoms with Gasteiger partial charge in [0, 0.05) is 36.5 Å². The second-order valence-corrected chi connectivity index (χ2v) is 10.6. The van der Waals surface area contributed by atoms with Crippen molar-refractivity contribution in [2.45, 2.75) is 64.5 Å². The molecular formula is C31H34ClNO4. The molecule has 0 aliphatic carbocycles. The van der Waals surface area contributed by atoms with Gasteiger partial charge in [-0.2, -0.15) is 0 Å². The van der Waals surface area contributed by atoms with Gasteiger partial charge in [0.05, 0.1) is 6.42 Å². The Labute approximate surface area is 224 Å². The summed E-state index contributed by atoms with van der Waals surface area (Å²) in [5.41, 5.74) is 4.51. The number of halogens is 1. The number of unbranched alkanes of at least 4 members (excludes halogenated alkanes) is 1. The number of ether oxygens (including phenoxy) is 1. The van der Waals surface area contributed by atoms with Crippen LogP contribution >= 0.6 is 11.6 Å². The van der Waals surface area contributed by atoms with E-state index in [1.165, 1.54) is 5.56 Å². The van der Waals surface area contributed by atoms with Gasteiger partial charge in [-0.15, -0.1) is 0 Å². The van der Waals surface area contributed by atoms with Crippen LogP contribution in [0.4, 0.5) is 0 Å². The van der Waals surface area contributed by atoms with E-state index in [0.29, 0.717) is 23.6 Å². The van der Waals surface area contributed by atoms with E-state index in [1.54, 1.807) is 11.0 Å². The van der Waals surface area contributed by atoms with Crippen molar-refractivity contribution in [3.63, 3.8) is 0 Å². The standard InChI is InChI=1S/C31H34ClNO4/c1-3-4-5-22-6-8-24(9-7-22)21-33(17-16-29(34)35)30(36)25-12-15-28-26(18-25)20-31(2,37-28)19-23-10-13-27(32)14-11-23/h6-15,18H,3-5,16-17,19-21H2,1-2H3,(H,34,35). The molecule has 0 spiro atoms. The molecule has 194 valence electrons. The number of amides is 1. The number of carbonyl (C=O) groups is 2. The van der Waals surface area contributed by atoms with Gasteiger partial charge in [-0.3, -0.25) is 9.59 Å². The van der Waals surface area contributed by atoms with Gasteiger partial charge in [0.1, 0.15) is 11.4 Å². The molecule has 1 aliphatic heterocycles. The minimum Gasteiger partial charge on any atom is -0.487 e. The maximum absolute atomic E-state index is 13.5. The van der Waals surface area contributed by atoms with Gasteiger partial charge in [-0.25, -0.2) is 0 Å². The number of hydrogen-bond acceptors (Lipinski definition) is 3. The fraction of sp³-hybridized carbons (Fsp3) is 0.355. The summed E-state index contributed by atoms with van der Waals surface area (Å²) < 4.78 is 6.30. The van der Waals surface area contributed by atoms with Gasteiger partial charge >= 0.3 is 5.97 Å². The van der Waals surface area contributed by atoms with Crippen LogP contribution in [0.15, 0.2) is 66.7 Å². The lowest BCUT2D eigenvalue weighted by Gasteiger charge is -2.24. The van der Waals surface area contributed by atoms with Crippen molar-refractivity contribution >= 4 is 23.5 Å². The molecule has 1 unspecified atom stereocenters. The third-order valence-electron chi connectivity index (χ3n) is 6.82. The predicted octanol–water partition coefficient (Wildman–Crippen LogP) is 6.74. The highest BCUT2D eigenvalue weighted by atomic mass is 35.5. The zero-order valence-corrected chi connectivity index (χ0v) is 22.3. The van der Waals surface area contributed by atoms with E-state index in [1.807, 2.05) is 48.5 Å². The summed E-state index contributed by atoms with van der Waals surface area (Å²) in [6.45, 7) is 4.76. The highest BCUT2D eigenvalue weighted by Crippen LogP contribution is 2.38. The Morgan fingerprint density at radius 1 is 1.00 bits per heavy atom. The fourth-order valence-electron chi connectivity index (χ4n) is 4.87. The van der Waals surface area contributed by atoms with Crippen molar-refractivity contribution in [1.82, 2.24) is 4.90 Å². The first-order chi connectivity index (χ1) is 17.7. The van der Waals surface area contributed by atoms with Crippen LogP contribution in [0.5, 0.6) is 5.75 Å². The lowest BCUT2D eigenvalue weighted by Crippen LogP contribution is -2.33. The highest BCUT2D eigenvalue weighted by molar-refractivity contribution is 6.30. The molecule has 4 rings (SSSR count). The quantitative estimate of drug-likeness (QED) is 0.305. The summed E-state index contributed by atoms with van der Waals surface area (Å²) in [6, 6.07) is 21.6. The maximum Gasteiger partial charge on any atom is 0.305 e. The van der Waals surface area contributed by atoms with Crippen LogP contribution in [0.25, 0.3) is 0 Å². The third kappa shape index (κ3) is 7.14. The van der Waals surface area contributed by atoms with Crippen molar-refractivity contribution in [2.24, 2.45) is 0 Å². The molecule has 1 amide bonds. The van der Waals surface area contributed by atoms with Crippen molar-refractivity contribution in [1.29, 1.82) is 0 Å². The highest BCUT2D eigenvalue weighted by Gasteiger charge is 2.35. The molecule has 0 radical (unpaired) electrons. The van der Waals surface area contributed by atoms with E-state index >= 15 is 0 Å². The lowest BCUT2D eigenvalue weighted by atomic mass is 9.91. The smallest absolute Gasteiger partial charge is 0.305 e.